The quantitative estimate of drug-likeness (QED) is 0.903. The van der Waals surface area contributed by atoms with Crippen molar-refractivity contribution in [1.82, 2.24) is 10.2 Å². The van der Waals surface area contributed by atoms with Gasteiger partial charge in [-0.3, -0.25) is 9.69 Å². The molecule has 1 heterocycles. The van der Waals surface area contributed by atoms with Gasteiger partial charge in [-0.25, -0.2) is 0 Å². The van der Waals surface area contributed by atoms with Gasteiger partial charge in [0.05, 0.1) is 19.3 Å². The number of hydrogen-bond donors (Lipinski definition) is 1. The average molecular weight is 328 g/mol. The van der Waals surface area contributed by atoms with Gasteiger partial charge in [0.2, 0.25) is 5.91 Å². The number of fused-ring (bicyclic) bond motifs is 2. The molecule has 4 rings (SSSR count). The summed E-state index contributed by atoms with van der Waals surface area (Å²) in [5.41, 5.74) is 1.21. The Morgan fingerprint density at radius 1 is 1.17 bits per heavy atom. The van der Waals surface area contributed by atoms with Crippen molar-refractivity contribution in [2.75, 3.05) is 32.8 Å². The summed E-state index contributed by atoms with van der Waals surface area (Å²) in [6, 6.07) is 10.5. The first-order chi connectivity index (χ1) is 11.8. The molecule has 4 atom stereocenters. The van der Waals surface area contributed by atoms with Gasteiger partial charge in [0, 0.05) is 25.6 Å². The molecule has 2 aliphatic carbocycles. The Balaban J connectivity index is 1.44. The summed E-state index contributed by atoms with van der Waals surface area (Å²) in [6.45, 7) is 4.37. The highest BCUT2D eigenvalue weighted by molar-refractivity contribution is 5.80. The van der Waals surface area contributed by atoms with E-state index in [0.717, 1.165) is 45.2 Å². The van der Waals surface area contributed by atoms with Crippen LogP contribution in [0.15, 0.2) is 30.3 Å². The number of nitrogens with zero attached hydrogens (tertiary/aromatic N) is 1. The van der Waals surface area contributed by atoms with Crippen LogP contribution >= 0.6 is 0 Å². The van der Waals surface area contributed by atoms with Gasteiger partial charge < -0.3 is 10.1 Å². The molecule has 3 fully saturated rings. The van der Waals surface area contributed by atoms with Gasteiger partial charge >= 0.3 is 0 Å². The second kappa shape index (κ2) is 7.24. The molecule has 24 heavy (non-hydrogen) atoms. The van der Waals surface area contributed by atoms with Gasteiger partial charge in [0.15, 0.2) is 0 Å². The molecule has 2 saturated carbocycles. The number of carbonyl (C=O) groups is 1. The topological polar surface area (TPSA) is 41.6 Å². The van der Waals surface area contributed by atoms with E-state index in [4.69, 9.17) is 4.74 Å². The molecule has 0 aromatic heterocycles. The van der Waals surface area contributed by atoms with E-state index in [0.29, 0.717) is 5.92 Å². The first-order valence-corrected chi connectivity index (χ1v) is 9.45. The zero-order chi connectivity index (χ0) is 16.4. The number of ether oxygens (including phenoxy) is 1. The van der Waals surface area contributed by atoms with Gasteiger partial charge in [0.1, 0.15) is 0 Å². The molecule has 4 nitrogen and oxygen atoms in total. The molecule has 1 N–H and O–H groups in total. The smallest absolute Gasteiger partial charge is 0.223 e. The zero-order valence-electron chi connectivity index (χ0n) is 14.3. The molecule has 4 heteroatoms. The van der Waals surface area contributed by atoms with Crippen LogP contribution in [0.1, 0.15) is 37.3 Å². The molecule has 3 aliphatic rings. The second-order valence-electron chi connectivity index (χ2n) is 7.67. The zero-order valence-corrected chi connectivity index (χ0v) is 14.3. The molecular weight excluding hydrogens is 300 g/mol. The minimum Gasteiger partial charge on any atom is -0.379 e. The summed E-state index contributed by atoms with van der Waals surface area (Å²) in [4.78, 5) is 15.3. The number of benzene rings is 1. The van der Waals surface area contributed by atoms with Crippen molar-refractivity contribution in [3.63, 3.8) is 0 Å². The molecule has 1 aromatic carbocycles. The number of carbonyl (C=O) groups excluding carboxylic acids is 1. The van der Waals surface area contributed by atoms with E-state index in [9.17, 15) is 4.79 Å². The molecule has 1 aromatic rings. The Bertz CT molecular complexity index is 556. The van der Waals surface area contributed by atoms with Crippen LogP contribution in [0.4, 0.5) is 0 Å². The van der Waals surface area contributed by atoms with Gasteiger partial charge in [0.25, 0.3) is 0 Å². The van der Waals surface area contributed by atoms with Gasteiger partial charge in [-0.05, 0) is 36.7 Å². The Labute approximate surface area is 144 Å². The van der Waals surface area contributed by atoms with Crippen LogP contribution in [0.2, 0.25) is 0 Å². The number of hydrogen-bond acceptors (Lipinski definition) is 3. The van der Waals surface area contributed by atoms with Crippen molar-refractivity contribution in [1.29, 1.82) is 0 Å². The highest BCUT2D eigenvalue weighted by atomic mass is 16.5. The monoisotopic (exact) mass is 328 g/mol. The van der Waals surface area contributed by atoms with Gasteiger partial charge in [-0.15, -0.1) is 0 Å². The predicted molar refractivity (Wildman–Crippen MR) is 93.5 cm³/mol. The Morgan fingerprint density at radius 3 is 2.62 bits per heavy atom. The molecule has 130 valence electrons. The fraction of sp³-hybridized carbons (Fsp3) is 0.650. The normalized spacial score (nSPS) is 31.1. The molecule has 1 amide bonds. The molecule has 4 unspecified atom stereocenters. The van der Waals surface area contributed by atoms with Crippen molar-refractivity contribution < 1.29 is 9.53 Å². The number of rotatable bonds is 5. The van der Waals surface area contributed by atoms with Crippen molar-refractivity contribution in [3.8, 4) is 0 Å². The molecular formula is C20H28N2O2. The fourth-order valence-electron chi connectivity index (χ4n) is 4.81. The predicted octanol–water partition coefficient (Wildman–Crippen LogP) is 2.61. The van der Waals surface area contributed by atoms with Crippen molar-refractivity contribution in [2.45, 2.75) is 31.7 Å². The number of amides is 1. The molecule has 1 aliphatic heterocycles. The maximum atomic E-state index is 12.9. The number of nitrogens with one attached hydrogen (secondary N) is 1. The van der Waals surface area contributed by atoms with Crippen LogP contribution in [0.5, 0.6) is 0 Å². The van der Waals surface area contributed by atoms with Gasteiger partial charge in [-0.2, -0.15) is 0 Å². The van der Waals surface area contributed by atoms with Crippen LogP contribution < -0.4 is 5.32 Å². The largest absolute Gasteiger partial charge is 0.379 e. The lowest BCUT2D eigenvalue weighted by Gasteiger charge is -2.32. The molecule has 1 saturated heterocycles. The minimum absolute atomic E-state index is 0.0796. The van der Waals surface area contributed by atoms with Crippen LogP contribution in [-0.2, 0) is 9.53 Å². The molecule has 2 bridgehead atoms. The van der Waals surface area contributed by atoms with Crippen LogP contribution in [0.3, 0.4) is 0 Å². The highest BCUT2D eigenvalue weighted by Gasteiger charge is 2.43. The Kier molecular flexibility index (Phi) is 4.86. The Morgan fingerprint density at radius 2 is 1.96 bits per heavy atom. The van der Waals surface area contributed by atoms with E-state index in [1.165, 1.54) is 24.8 Å². The summed E-state index contributed by atoms with van der Waals surface area (Å²) < 4.78 is 5.45. The van der Waals surface area contributed by atoms with Crippen molar-refractivity contribution in [2.24, 2.45) is 17.8 Å². The van der Waals surface area contributed by atoms with E-state index < -0.39 is 0 Å². The first-order valence-electron chi connectivity index (χ1n) is 9.45. The van der Waals surface area contributed by atoms with Crippen LogP contribution in [0, 0.1) is 17.8 Å². The van der Waals surface area contributed by atoms with E-state index in [2.05, 4.69) is 34.5 Å². The van der Waals surface area contributed by atoms with Gasteiger partial charge in [-0.1, -0.05) is 36.8 Å². The number of morpholine rings is 1. The summed E-state index contributed by atoms with van der Waals surface area (Å²) in [6.07, 6.45) is 4.97. The Hall–Kier alpha value is -1.39. The summed E-state index contributed by atoms with van der Waals surface area (Å²) in [7, 11) is 0. The second-order valence-corrected chi connectivity index (χ2v) is 7.67. The summed E-state index contributed by atoms with van der Waals surface area (Å²) >= 11 is 0. The average Bonchev–Trinajstić information content (AvgIpc) is 3.26. The third-order valence-electron chi connectivity index (χ3n) is 6.14. The third kappa shape index (κ3) is 3.50. The van der Waals surface area contributed by atoms with Crippen molar-refractivity contribution >= 4 is 5.91 Å². The van der Waals surface area contributed by atoms with E-state index in [-0.39, 0.29) is 17.9 Å². The lowest BCUT2D eigenvalue weighted by molar-refractivity contribution is -0.127. The standard InChI is InChI=1S/C20H28N2O2/c23-20(18-13-15-6-7-17(18)12-15)21-19(16-4-2-1-3-5-16)14-22-8-10-24-11-9-22/h1-5,15,17-19H,6-14H2,(H,21,23). The highest BCUT2D eigenvalue weighted by Crippen LogP contribution is 2.48. The lowest BCUT2D eigenvalue weighted by atomic mass is 9.88. The summed E-state index contributed by atoms with van der Waals surface area (Å²) in [5.74, 6) is 1.97. The van der Waals surface area contributed by atoms with Crippen LogP contribution in [0.25, 0.3) is 0 Å². The summed E-state index contributed by atoms with van der Waals surface area (Å²) in [5, 5.41) is 3.39. The van der Waals surface area contributed by atoms with Crippen LogP contribution in [-0.4, -0.2) is 43.7 Å². The van der Waals surface area contributed by atoms with E-state index >= 15 is 0 Å². The maximum Gasteiger partial charge on any atom is 0.223 e. The lowest BCUT2D eigenvalue weighted by Crippen LogP contribution is -2.44. The maximum absolute atomic E-state index is 12.9. The van der Waals surface area contributed by atoms with E-state index in [1.807, 2.05) is 6.07 Å². The van der Waals surface area contributed by atoms with E-state index in [1.54, 1.807) is 0 Å². The molecule has 0 radical (unpaired) electrons. The first kappa shape index (κ1) is 16.1. The fourth-order valence-corrected chi connectivity index (χ4v) is 4.81. The third-order valence-corrected chi connectivity index (χ3v) is 6.14. The SMILES string of the molecule is O=C(NC(CN1CCOCC1)c1ccccc1)C1CC2CCC1C2. The minimum atomic E-state index is 0.0796. The molecule has 0 spiro atoms. The van der Waals surface area contributed by atoms with Crippen molar-refractivity contribution in [3.05, 3.63) is 35.9 Å².